The monoisotopic (exact) mass is 1250 g/mol. The van der Waals surface area contributed by atoms with Gasteiger partial charge in [0.15, 0.2) is 0 Å². The predicted molar refractivity (Wildman–Crippen MR) is 344 cm³/mol. The summed E-state index contributed by atoms with van der Waals surface area (Å²) in [5, 5.41) is 2.58. The summed E-state index contributed by atoms with van der Waals surface area (Å²) in [5.74, 6) is 0. The normalized spacial score (nSPS) is 11.6. The average molecular weight is 1250 g/mol. The highest BCUT2D eigenvalue weighted by Crippen LogP contribution is 2.49. The lowest BCUT2D eigenvalue weighted by molar-refractivity contribution is 0.660. The number of halogens is 4. The van der Waals surface area contributed by atoms with E-state index in [1.165, 1.54) is 99.8 Å². The molecule has 13 rings (SSSR count). The second-order valence-corrected chi connectivity index (χ2v) is 23.0. The van der Waals surface area contributed by atoms with Crippen molar-refractivity contribution < 1.29 is 0 Å². The molecule has 0 N–H and O–H groups in total. The summed E-state index contributed by atoms with van der Waals surface area (Å²) in [7, 11) is 0. The highest BCUT2D eigenvalue weighted by atomic mass is 79.9. The van der Waals surface area contributed by atoms with E-state index in [0.29, 0.717) is 0 Å². The average Bonchev–Trinajstić information content (AvgIpc) is 3.88. The van der Waals surface area contributed by atoms with E-state index in [0.717, 1.165) is 17.9 Å². The second kappa shape index (κ2) is 24.9. The van der Waals surface area contributed by atoms with Crippen LogP contribution in [0, 0.1) is 0 Å². The maximum Gasteiger partial charge on any atom is 0.0181 e. The van der Waals surface area contributed by atoms with Crippen LogP contribution in [-0.2, 0) is 5.41 Å². The molecule has 374 valence electrons. The van der Waals surface area contributed by atoms with Crippen molar-refractivity contribution in [1.29, 1.82) is 0 Å². The Hall–Kier alpha value is -7.18. The highest BCUT2D eigenvalue weighted by Gasteiger charge is 2.35. The Labute approximate surface area is 487 Å². The zero-order valence-electron chi connectivity index (χ0n) is 42.7. The van der Waals surface area contributed by atoms with Crippen LogP contribution in [0.25, 0.3) is 88.7 Å². The molecule has 0 spiro atoms. The third kappa shape index (κ3) is 12.8. The van der Waals surface area contributed by atoms with Gasteiger partial charge in [0.25, 0.3) is 0 Å². The van der Waals surface area contributed by atoms with E-state index in [9.17, 15) is 0 Å². The van der Waals surface area contributed by atoms with Crippen molar-refractivity contribution in [2.75, 3.05) is 0 Å². The minimum absolute atomic E-state index is 0.0668. The lowest BCUT2D eigenvalue weighted by Gasteiger charge is -2.22. The summed E-state index contributed by atoms with van der Waals surface area (Å²) in [6, 6.07) is 102. The summed E-state index contributed by atoms with van der Waals surface area (Å²) >= 11 is 14.1. The van der Waals surface area contributed by atoms with Crippen LogP contribution < -0.4 is 0 Å². The van der Waals surface area contributed by atoms with Gasteiger partial charge < -0.3 is 0 Å². The fraction of sp³-hybridized carbons (Fsp3) is 0.0411. The minimum atomic E-state index is 0.0668. The van der Waals surface area contributed by atoms with Gasteiger partial charge in [-0.25, -0.2) is 0 Å². The second-order valence-electron chi connectivity index (χ2n) is 19.4. The van der Waals surface area contributed by atoms with Crippen molar-refractivity contribution in [3.63, 3.8) is 0 Å². The molecule has 0 atom stereocenters. The van der Waals surface area contributed by atoms with Crippen molar-refractivity contribution in [2.24, 2.45) is 0 Å². The van der Waals surface area contributed by atoms with Crippen LogP contribution in [-0.4, -0.2) is 0 Å². The Bertz CT molecular complexity index is 3910. The van der Waals surface area contributed by atoms with Crippen LogP contribution in [0.1, 0.15) is 25.0 Å². The number of fused-ring (bicyclic) bond motifs is 4. The van der Waals surface area contributed by atoms with E-state index in [2.05, 4.69) is 351 Å². The van der Waals surface area contributed by atoms with Crippen LogP contribution in [0.15, 0.2) is 309 Å². The highest BCUT2D eigenvalue weighted by molar-refractivity contribution is 9.11. The lowest BCUT2D eigenvalue weighted by atomic mass is 9.81. The van der Waals surface area contributed by atoms with Gasteiger partial charge in [-0.1, -0.05) is 314 Å². The molecule has 0 unspecified atom stereocenters. The van der Waals surface area contributed by atoms with E-state index in [1.807, 2.05) is 18.2 Å². The third-order valence-electron chi connectivity index (χ3n) is 14.0. The molecular weight excluding hydrogens is 1200 g/mol. The first kappa shape index (κ1) is 53.2. The number of hydrogen-bond acceptors (Lipinski definition) is 0. The Morgan fingerprint density at radius 3 is 1.19 bits per heavy atom. The summed E-state index contributed by atoms with van der Waals surface area (Å²) in [6.07, 6.45) is 0. The fourth-order valence-corrected chi connectivity index (χ4v) is 11.5. The van der Waals surface area contributed by atoms with E-state index < -0.39 is 0 Å². The molecular formula is C73H54Br4. The molecule has 0 nitrogen and oxygen atoms in total. The Kier molecular flexibility index (Phi) is 17.2. The largest absolute Gasteiger partial charge is 0.0622 e. The zero-order chi connectivity index (χ0) is 53.1. The number of hydrogen-bond donors (Lipinski definition) is 0. The maximum atomic E-state index is 3.54. The van der Waals surface area contributed by atoms with Crippen LogP contribution >= 0.6 is 63.7 Å². The van der Waals surface area contributed by atoms with Crippen molar-refractivity contribution in [1.82, 2.24) is 0 Å². The van der Waals surface area contributed by atoms with Crippen LogP contribution in [0.4, 0.5) is 0 Å². The van der Waals surface area contributed by atoms with Gasteiger partial charge in [-0.2, -0.15) is 0 Å². The molecule has 0 saturated heterocycles. The molecule has 0 radical (unpaired) electrons. The van der Waals surface area contributed by atoms with E-state index in [4.69, 9.17) is 0 Å². The summed E-state index contributed by atoms with van der Waals surface area (Å²) < 4.78 is 4.44. The molecule has 4 heteroatoms. The molecule has 0 bridgehead atoms. The lowest BCUT2D eigenvalue weighted by Crippen LogP contribution is -2.14. The third-order valence-corrected chi connectivity index (χ3v) is 16.0. The van der Waals surface area contributed by atoms with Crippen molar-refractivity contribution in [3.05, 3.63) is 320 Å². The smallest absolute Gasteiger partial charge is 0.0181 e. The molecule has 1 aliphatic carbocycles. The molecule has 0 fully saturated rings. The van der Waals surface area contributed by atoms with Gasteiger partial charge in [0.2, 0.25) is 0 Å². The first-order chi connectivity index (χ1) is 37.6. The van der Waals surface area contributed by atoms with Gasteiger partial charge in [-0.3, -0.25) is 0 Å². The van der Waals surface area contributed by atoms with E-state index >= 15 is 0 Å². The summed E-state index contributed by atoms with van der Waals surface area (Å²) in [6.45, 7) is 4.64. The SMILES string of the molecule is Brc1cccc(-c2ccc(-c3ccccc3)cc2)c1.Brc1cccc(-c2cccc3ccccc23)c1.Brc1cccc(-c2ccccc2-c2ccccc2)c1.CC1(C)c2ccccc2-c2ccc(-c3ccc(Br)cc3)cc21. The first-order valence-electron chi connectivity index (χ1n) is 25.6. The first-order valence-corrected chi connectivity index (χ1v) is 28.8. The van der Waals surface area contributed by atoms with Gasteiger partial charge in [-0.05, 0) is 154 Å². The number of benzene rings is 12. The Balaban J connectivity index is 0.000000117. The molecule has 0 aliphatic heterocycles. The molecule has 12 aromatic carbocycles. The minimum Gasteiger partial charge on any atom is -0.0622 e. The van der Waals surface area contributed by atoms with E-state index in [-0.39, 0.29) is 5.41 Å². The fourth-order valence-electron chi connectivity index (χ4n) is 10.1. The Morgan fingerprint density at radius 2 is 0.584 bits per heavy atom. The number of rotatable bonds is 6. The molecule has 0 heterocycles. The van der Waals surface area contributed by atoms with Crippen LogP contribution in [0.3, 0.4) is 0 Å². The maximum absolute atomic E-state index is 3.54. The molecule has 0 amide bonds. The Morgan fingerprint density at radius 1 is 0.221 bits per heavy atom. The molecule has 12 aromatic rings. The standard InChI is InChI=1S/C21H17Br.2C18H13Br.C16H11Br/c1-21(2)19-6-4-3-5-17(19)18-12-9-15(13-20(18)21)14-7-10-16(22)11-8-14;19-16-10-6-9-15(13-16)18-12-5-4-11-17(18)14-7-2-1-3-8-14;19-18-8-4-7-17(13-18)16-11-9-15(10-12-16)14-5-2-1-3-6-14;17-14-8-3-7-13(11-14)16-10-4-6-12-5-1-2-9-15(12)16/h3-13H,1-2H3;2*1-13H;1-11H. The summed E-state index contributed by atoms with van der Waals surface area (Å²) in [5.41, 5.74) is 20.7. The van der Waals surface area contributed by atoms with E-state index in [1.54, 1.807) is 0 Å². The van der Waals surface area contributed by atoms with Crippen LogP contribution in [0.5, 0.6) is 0 Å². The van der Waals surface area contributed by atoms with Gasteiger partial charge in [0.1, 0.15) is 0 Å². The quantitative estimate of drug-likeness (QED) is 0.156. The van der Waals surface area contributed by atoms with Crippen molar-refractivity contribution in [3.8, 4) is 77.9 Å². The predicted octanol–water partition coefficient (Wildman–Crippen LogP) is 23.3. The summed E-state index contributed by atoms with van der Waals surface area (Å²) in [4.78, 5) is 0. The molecule has 77 heavy (non-hydrogen) atoms. The van der Waals surface area contributed by atoms with Gasteiger partial charge >= 0.3 is 0 Å². The van der Waals surface area contributed by atoms with Crippen molar-refractivity contribution >= 4 is 74.5 Å². The molecule has 0 aromatic heterocycles. The van der Waals surface area contributed by atoms with Crippen molar-refractivity contribution in [2.45, 2.75) is 19.3 Å². The van der Waals surface area contributed by atoms with Gasteiger partial charge in [0, 0.05) is 23.3 Å². The zero-order valence-corrected chi connectivity index (χ0v) is 49.1. The molecule has 1 aliphatic rings. The van der Waals surface area contributed by atoms with Gasteiger partial charge in [-0.15, -0.1) is 0 Å². The molecule has 0 saturated carbocycles. The van der Waals surface area contributed by atoms with Gasteiger partial charge in [0.05, 0.1) is 0 Å². The van der Waals surface area contributed by atoms with Crippen LogP contribution in [0.2, 0.25) is 0 Å². The topological polar surface area (TPSA) is 0 Å².